The van der Waals surface area contributed by atoms with E-state index in [9.17, 15) is 8.78 Å². The molecule has 0 amide bonds. The second-order valence-corrected chi connectivity index (χ2v) is 3.23. The Morgan fingerprint density at radius 1 is 1.70 bits per heavy atom. The van der Waals surface area contributed by atoms with Gasteiger partial charge >= 0.3 is 6.55 Å². The lowest BCUT2D eigenvalue weighted by molar-refractivity contribution is 0.125. The Balaban J connectivity index is 3.81. The molecule has 0 bridgehead atoms. The smallest absolute Gasteiger partial charge is 0.312 e. The Morgan fingerprint density at radius 2 is 2.20 bits per heavy atom. The zero-order valence-corrected chi connectivity index (χ0v) is 8.41. The van der Waals surface area contributed by atoms with Gasteiger partial charge < -0.3 is 5.32 Å². The predicted octanol–water partition coefficient (Wildman–Crippen LogP) is 2.45. The molecule has 0 aromatic heterocycles. The maximum atomic E-state index is 11.4. The third kappa shape index (κ3) is 5.10. The molecule has 2 N–H and O–H groups in total. The van der Waals surface area contributed by atoms with E-state index in [0.29, 0.717) is 3.58 Å². The highest BCUT2D eigenvalue weighted by atomic mass is 127. The molecule has 0 aliphatic rings. The minimum absolute atomic E-state index is 0.0845. The Labute approximate surface area is 78.8 Å². The molecule has 2 nitrogen and oxygen atoms in total. The number of nitrogens with one attached hydrogen (secondary N) is 2. The van der Waals surface area contributed by atoms with Gasteiger partial charge in [0.1, 0.15) is 4.62 Å². The Hall–Kier alpha value is 0.280. The Bertz CT molecular complexity index is 159. The summed E-state index contributed by atoms with van der Waals surface area (Å²) < 4.78 is 23.3. The molecule has 0 saturated heterocycles. The molecule has 58 valence electrons. The summed E-state index contributed by atoms with van der Waals surface area (Å²) in [5, 5.41) is 8.65. The molecular weight excluding hydrogens is 321 g/mol. The molecule has 0 fully saturated rings. The molecule has 0 rings (SSSR count). The molecule has 0 aliphatic carbocycles. The summed E-state index contributed by atoms with van der Waals surface area (Å²) in [6.07, 6.45) is 1.07. The van der Waals surface area contributed by atoms with Crippen LogP contribution in [0.3, 0.4) is 0 Å². The minimum atomic E-state index is -2.57. The molecule has 0 saturated carbocycles. The van der Waals surface area contributed by atoms with Crippen LogP contribution in [-0.2, 0) is 0 Å². The van der Waals surface area contributed by atoms with Crippen molar-refractivity contribution in [3.63, 3.8) is 0 Å². The van der Waals surface area contributed by atoms with Gasteiger partial charge in [0, 0.05) is 6.20 Å². The largest absolute Gasteiger partial charge is 0.335 e. The lowest BCUT2D eigenvalue weighted by Gasteiger charge is -1.97. The highest BCUT2D eigenvalue weighted by Crippen LogP contribution is 2.10. The van der Waals surface area contributed by atoms with Crippen LogP contribution in [0.15, 0.2) is 9.78 Å². The first kappa shape index (κ1) is 10.3. The maximum absolute atomic E-state index is 11.4. The molecule has 0 aromatic rings. The Kier molecular flexibility index (Phi) is 5.14. The summed E-state index contributed by atoms with van der Waals surface area (Å²) in [6, 6.07) is 0. The second-order valence-electron chi connectivity index (χ2n) is 1.27. The molecule has 0 aromatic carbocycles. The summed E-state index contributed by atoms with van der Waals surface area (Å²) in [5.41, 5.74) is 0. The highest BCUT2D eigenvalue weighted by Gasteiger charge is 1.98. The van der Waals surface area contributed by atoms with Gasteiger partial charge in [-0.1, -0.05) is 0 Å². The van der Waals surface area contributed by atoms with E-state index in [1.165, 1.54) is 0 Å². The van der Waals surface area contributed by atoms with E-state index < -0.39 is 6.55 Å². The van der Waals surface area contributed by atoms with Crippen molar-refractivity contribution < 1.29 is 8.78 Å². The molecular formula is C4H4BrF2IN2. The summed E-state index contributed by atoms with van der Waals surface area (Å²) in [6.45, 7) is -2.57. The molecule has 0 radical (unpaired) electrons. The maximum Gasteiger partial charge on any atom is 0.312 e. The third-order valence-corrected chi connectivity index (χ3v) is 2.56. The van der Waals surface area contributed by atoms with E-state index in [1.54, 1.807) is 27.9 Å². The molecule has 0 atom stereocenters. The standard InChI is InChI=1S/C4H4BrF2IN2/c5-3(9)2(8)1-10-4(6)7/h1,4,9-10H/b2-1+,9-3?. The van der Waals surface area contributed by atoms with Crippen molar-refractivity contribution in [3.05, 3.63) is 9.78 Å². The monoisotopic (exact) mass is 324 g/mol. The third-order valence-electron chi connectivity index (χ3n) is 0.546. The zero-order chi connectivity index (χ0) is 8.15. The fourth-order valence-electron chi connectivity index (χ4n) is 0.200. The van der Waals surface area contributed by atoms with E-state index >= 15 is 0 Å². The van der Waals surface area contributed by atoms with Crippen LogP contribution in [0.25, 0.3) is 0 Å². The van der Waals surface area contributed by atoms with Gasteiger partial charge in [-0.3, -0.25) is 5.41 Å². The normalized spacial score (nSPS) is 11.9. The van der Waals surface area contributed by atoms with Crippen LogP contribution in [0.5, 0.6) is 0 Å². The fraction of sp³-hybridized carbons (Fsp3) is 0.250. The van der Waals surface area contributed by atoms with Gasteiger partial charge in [0.05, 0.1) is 3.58 Å². The van der Waals surface area contributed by atoms with Gasteiger partial charge in [-0.25, -0.2) is 0 Å². The van der Waals surface area contributed by atoms with Crippen LogP contribution in [0.1, 0.15) is 0 Å². The van der Waals surface area contributed by atoms with E-state index in [0.717, 1.165) is 6.20 Å². The van der Waals surface area contributed by atoms with Gasteiger partial charge in [-0.2, -0.15) is 8.78 Å². The number of allylic oxidation sites excluding steroid dienone is 1. The summed E-state index contributed by atoms with van der Waals surface area (Å²) >= 11 is 4.57. The molecule has 10 heavy (non-hydrogen) atoms. The second kappa shape index (κ2) is 5.00. The first-order valence-electron chi connectivity index (χ1n) is 2.18. The van der Waals surface area contributed by atoms with Crippen molar-refractivity contribution in [3.8, 4) is 0 Å². The summed E-state index contributed by atoms with van der Waals surface area (Å²) in [5.74, 6) is 0. The Morgan fingerprint density at radius 3 is 2.50 bits per heavy atom. The van der Waals surface area contributed by atoms with Gasteiger partial charge in [0.2, 0.25) is 0 Å². The highest BCUT2D eigenvalue weighted by molar-refractivity contribution is 14.1. The average Bonchev–Trinajstić information content (AvgIpc) is 1.82. The average molecular weight is 325 g/mol. The zero-order valence-electron chi connectivity index (χ0n) is 4.67. The number of hydrogen-bond acceptors (Lipinski definition) is 2. The quantitative estimate of drug-likeness (QED) is 0.467. The van der Waals surface area contributed by atoms with E-state index in [2.05, 4.69) is 15.9 Å². The van der Waals surface area contributed by atoms with Crippen LogP contribution < -0.4 is 5.32 Å². The predicted molar refractivity (Wildman–Crippen MR) is 47.9 cm³/mol. The van der Waals surface area contributed by atoms with Crippen molar-refractivity contribution in [2.45, 2.75) is 6.55 Å². The van der Waals surface area contributed by atoms with Gasteiger partial charge in [0.15, 0.2) is 0 Å². The molecule has 6 heteroatoms. The van der Waals surface area contributed by atoms with Gasteiger partial charge in [0.25, 0.3) is 0 Å². The van der Waals surface area contributed by atoms with E-state index in [4.69, 9.17) is 5.41 Å². The van der Waals surface area contributed by atoms with Gasteiger partial charge in [-0.15, -0.1) is 0 Å². The first-order chi connectivity index (χ1) is 4.54. The molecule has 0 heterocycles. The van der Waals surface area contributed by atoms with Crippen molar-refractivity contribution in [1.82, 2.24) is 5.32 Å². The first-order valence-corrected chi connectivity index (χ1v) is 4.05. The van der Waals surface area contributed by atoms with E-state index in [1.807, 2.05) is 0 Å². The van der Waals surface area contributed by atoms with Crippen LogP contribution in [-0.4, -0.2) is 11.2 Å². The van der Waals surface area contributed by atoms with Crippen molar-refractivity contribution in [2.75, 3.05) is 0 Å². The molecule has 0 aliphatic heterocycles. The summed E-state index contributed by atoms with van der Waals surface area (Å²) in [7, 11) is 0. The van der Waals surface area contributed by atoms with Crippen LogP contribution in [0, 0.1) is 5.41 Å². The fourth-order valence-corrected chi connectivity index (χ4v) is 0.494. The number of rotatable bonds is 3. The van der Waals surface area contributed by atoms with Crippen LogP contribution in [0.2, 0.25) is 0 Å². The number of hydrogen-bond donors (Lipinski definition) is 2. The topological polar surface area (TPSA) is 35.9 Å². The SMILES string of the molecule is N=C(Br)/C(I)=C\NC(F)F. The van der Waals surface area contributed by atoms with E-state index in [-0.39, 0.29) is 4.62 Å². The lowest BCUT2D eigenvalue weighted by Crippen LogP contribution is -2.13. The number of alkyl halides is 2. The lowest BCUT2D eigenvalue weighted by atomic mass is 10.6. The van der Waals surface area contributed by atoms with Crippen molar-refractivity contribution in [1.29, 1.82) is 5.41 Å². The number of halogens is 4. The van der Waals surface area contributed by atoms with Crippen LogP contribution in [0.4, 0.5) is 8.78 Å². The molecule has 0 unspecified atom stereocenters. The van der Waals surface area contributed by atoms with Gasteiger partial charge in [-0.05, 0) is 38.5 Å². The minimum Gasteiger partial charge on any atom is -0.335 e. The molecule has 0 spiro atoms. The van der Waals surface area contributed by atoms with Crippen molar-refractivity contribution >= 4 is 43.1 Å². The van der Waals surface area contributed by atoms with Crippen molar-refractivity contribution in [2.24, 2.45) is 0 Å². The van der Waals surface area contributed by atoms with Crippen LogP contribution >= 0.6 is 38.5 Å². The summed E-state index contributed by atoms with van der Waals surface area (Å²) in [4.78, 5) is 0.